The number of rotatable bonds is 9. The van der Waals surface area contributed by atoms with E-state index in [1.165, 1.54) is 11.1 Å². The fourth-order valence-corrected chi connectivity index (χ4v) is 5.98. The zero-order valence-corrected chi connectivity index (χ0v) is 24.6. The third-order valence-corrected chi connectivity index (χ3v) is 8.45. The minimum absolute atomic E-state index is 0.0877. The lowest BCUT2D eigenvalue weighted by molar-refractivity contribution is -0.115. The molecule has 218 valence electrons. The second-order valence-electron chi connectivity index (χ2n) is 11.5. The number of piperazine rings is 1. The molecule has 8 heteroatoms. The van der Waals surface area contributed by atoms with Crippen molar-refractivity contribution in [3.05, 3.63) is 107 Å². The molecule has 2 heterocycles. The average Bonchev–Trinajstić information content (AvgIpc) is 3.04. The number of benzene rings is 3. The summed E-state index contributed by atoms with van der Waals surface area (Å²) in [7, 11) is 2.19. The Morgan fingerprint density at radius 2 is 1.77 bits per heavy atom. The van der Waals surface area contributed by atoms with Crippen molar-refractivity contribution in [2.75, 3.05) is 56.9 Å². The summed E-state index contributed by atoms with van der Waals surface area (Å²) in [5, 5.41) is 15.4. The van der Waals surface area contributed by atoms with Crippen LogP contribution in [0.4, 0.5) is 11.6 Å². The average molecular weight is 572 g/mol. The van der Waals surface area contributed by atoms with E-state index in [9.17, 15) is 4.79 Å². The molecule has 1 aromatic heterocycles. The molecule has 1 atom stereocenters. The quantitative estimate of drug-likeness (QED) is 0.275. The van der Waals surface area contributed by atoms with Crippen LogP contribution in [0.3, 0.4) is 0 Å². The lowest BCUT2D eigenvalue weighted by Gasteiger charge is -2.32. The van der Waals surface area contributed by atoms with Crippen LogP contribution in [0.2, 0.25) is 0 Å². The summed E-state index contributed by atoms with van der Waals surface area (Å²) in [6, 6.07) is 25.8. The molecule has 1 amide bonds. The van der Waals surface area contributed by atoms with E-state index in [-0.39, 0.29) is 18.2 Å². The van der Waals surface area contributed by atoms with Crippen LogP contribution in [0.15, 0.2) is 79.0 Å². The molecule has 3 aromatic carbocycles. The van der Waals surface area contributed by atoms with Crippen molar-refractivity contribution in [2.24, 2.45) is 0 Å². The van der Waals surface area contributed by atoms with E-state index in [1.54, 1.807) is 12.1 Å². The zero-order valence-electron chi connectivity index (χ0n) is 24.6. The van der Waals surface area contributed by atoms with Crippen LogP contribution in [0.5, 0.6) is 0 Å². The van der Waals surface area contributed by atoms with Gasteiger partial charge in [0.2, 0.25) is 11.9 Å². The molecule has 43 heavy (non-hydrogen) atoms. The molecule has 1 saturated heterocycles. The number of fused-ring (bicyclic) bond motifs is 3. The van der Waals surface area contributed by atoms with Crippen LogP contribution in [-0.4, -0.2) is 72.0 Å². The van der Waals surface area contributed by atoms with Crippen molar-refractivity contribution in [3.8, 4) is 17.3 Å². The minimum atomic E-state index is -0.0877. The normalized spacial score (nSPS) is 16.5. The first-order chi connectivity index (χ1) is 21.1. The monoisotopic (exact) mass is 571 g/mol. The first-order valence-electron chi connectivity index (χ1n) is 15.0. The minimum Gasteiger partial charge on any atom is -0.354 e. The van der Waals surface area contributed by atoms with Gasteiger partial charge in [-0.15, -0.1) is 0 Å². The number of likely N-dealkylation sites (N-methyl/N-ethyl adjacent to an activating group) is 1. The Labute approximate surface area is 253 Å². The van der Waals surface area contributed by atoms with Gasteiger partial charge in [-0.05, 0) is 73.0 Å². The number of anilines is 2. The Balaban J connectivity index is 1.09. The molecule has 0 radical (unpaired) electrons. The van der Waals surface area contributed by atoms with Crippen LogP contribution in [0.1, 0.15) is 40.2 Å². The number of carbonyl (C=O) groups excluding carboxylic acids is 1. The van der Waals surface area contributed by atoms with E-state index in [4.69, 9.17) is 10.2 Å². The molecule has 1 aliphatic carbocycles. The lowest BCUT2D eigenvalue weighted by atomic mass is 9.78. The molecule has 0 spiro atoms. The molecule has 1 fully saturated rings. The van der Waals surface area contributed by atoms with E-state index in [0.29, 0.717) is 11.5 Å². The summed E-state index contributed by atoms with van der Waals surface area (Å²) < 4.78 is 0. The molecule has 0 bridgehead atoms. The van der Waals surface area contributed by atoms with Gasteiger partial charge in [-0.25, -0.2) is 9.97 Å². The Morgan fingerprint density at radius 1 is 1.00 bits per heavy atom. The van der Waals surface area contributed by atoms with Gasteiger partial charge in [0.25, 0.3) is 0 Å². The second kappa shape index (κ2) is 13.2. The Hall–Kier alpha value is -4.58. The number of aromatic nitrogens is 2. The SMILES string of the molecule is CN1CCN(CCCNc2ncc3c(n2)-c2ccccc2C(c2ccc(NC(=O)Cc4ccc(C#N)cc4)cc2)C3)CC1. The lowest BCUT2D eigenvalue weighted by Crippen LogP contribution is -2.44. The van der Waals surface area contributed by atoms with E-state index >= 15 is 0 Å². The van der Waals surface area contributed by atoms with E-state index < -0.39 is 0 Å². The van der Waals surface area contributed by atoms with Gasteiger partial charge in [0, 0.05) is 56.1 Å². The number of nitrogens with one attached hydrogen (secondary N) is 2. The van der Waals surface area contributed by atoms with Gasteiger partial charge in [0.1, 0.15) is 0 Å². The summed E-state index contributed by atoms with van der Waals surface area (Å²) in [4.78, 5) is 27.2. The molecule has 2 N–H and O–H groups in total. The fourth-order valence-electron chi connectivity index (χ4n) is 5.98. The highest BCUT2D eigenvalue weighted by molar-refractivity contribution is 5.92. The van der Waals surface area contributed by atoms with Gasteiger partial charge < -0.3 is 20.4 Å². The van der Waals surface area contributed by atoms with E-state index in [1.807, 2.05) is 30.5 Å². The largest absolute Gasteiger partial charge is 0.354 e. The van der Waals surface area contributed by atoms with E-state index in [2.05, 4.69) is 74.9 Å². The topological polar surface area (TPSA) is 97.2 Å². The van der Waals surface area contributed by atoms with Crippen LogP contribution in [0, 0.1) is 11.3 Å². The summed E-state index contributed by atoms with van der Waals surface area (Å²) in [5.74, 6) is 0.778. The Bertz CT molecular complexity index is 1600. The van der Waals surface area contributed by atoms with Gasteiger partial charge in [0.05, 0.1) is 23.7 Å². The molecule has 2 aliphatic rings. The van der Waals surface area contributed by atoms with Gasteiger partial charge in [-0.2, -0.15) is 5.26 Å². The van der Waals surface area contributed by atoms with Gasteiger partial charge in [-0.1, -0.05) is 48.5 Å². The summed E-state index contributed by atoms with van der Waals surface area (Å²) in [6.45, 7) is 6.51. The summed E-state index contributed by atoms with van der Waals surface area (Å²) in [6.07, 6.45) is 4.12. The molecule has 1 aliphatic heterocycles. The molecule has 1 unspecified atom stereocenters. The van der Waals surface area contributed by atoms with Gasteiger partial charge in [-0.3, -0.25) is 4.79 Å². The van der Waals surface area contributed by atoms with Crippen molar-refractivity contribution in [2.45, 2.75) is 25.2 Å². The van der Waals surface area contributed by atoms with Crippen molar-refractivity contribution < 1.29 is 4.79 Å². The molecule has 8 nitrogen and oxygen atoms in total. The summed E-state index contributed by atoms with van der Waals surface area (Å²) in [5.41, 5.74) is 7.97. The van der Waals surface area contributed by atoms with Crippen molar-refractivity contribution >= 4 is 17.5 Å². The number of nitrogens with zero attached hydrogens (tertiary/aromatic N) is 5. The molecule has 4 aromatic rings. The van der Waals surface area contributed by atoms with Crippen molar-refractivity contribution in [1.29, 1.82) is 5.26 Å². The van der Waals surface area contributed by atoms with Gasteiger partial charge in [0.15, 0.2) is 0 Å². The maximum absolute atomic E-state index is 12.6. The molecular weight excluding hydrogens is 534 g/mol. The standard InChI is InChI=1S/C35H37N7O/c1-41-17-19-42(20-18-41)16-4-15-37-35-38-24-28-22-32(30-5-2-3-6-31(30)34(28)40-35)27-11-13-29(14-12-27)39-33(43)21-25-7-9-26(23-36)10-8-25/h2-3,5-14,24,32H,4,15-22H2,1H3,(H,39,43)(H,37,38,40). The maximum Gasteiger partial charge on any atom is 0.228 e. The maximum atomic E-state index is 12.6. The van der Waals surface area contributed by atoms with Crippen molar-refractivity contribution in [3.63, 3.8) is 0 Å². The molecule has 0 saturated carbocycles. The highest BCUT2D eigenvalue weighted by Gasteiger charge is 2.27. The summed E-state index contributed by atoms with van der Waals surface area (Å²) >= 11 is 0. The molecular formula is C35H37N7O. The van der Waals surface area contributed by atoms with Crippen molar-refractivity contribution in [1.82, 2.24) is 19.8 Å². The third-order valence-electron chi connectivity index (χ3n) is 8.45. The highest BCUT2D eigenvalue weighted by Crippen LogP contribution is 2.42. The number of amides is 1. The predicted molar refractivity (Wildman–Crippen MR) is 170 cm³/mol. The molecule has 6 rings (SSSR count). The van der Waals surface area contributed by atoms with Crippen LogP contribution < -0.4 is 10.6 Å². The highest BCUT2D eigenvalue weighted by atomic mass is 16.1. The zero-order chi connectivity index (χ0) is 29.6. The fraction of sp³-hybridized carbons (Fsp3) is 0.314. The first-order valence-corrected chi connectivity index (χ1v) is 15.0. The number of carbonyl (C=O) groups is 1. The second-order valence-corrected chi connectivity index (χ2v) is 11.5. The Morgan fingerprint density at radius 3 is 2.53 bits per heavy atom. The number of hydrogen-bond donors (Lipinski definition) is 2. The Kier molecular flexibility index (Phi) is 8.73. The van der Waals surface area contributed by atoms with Crippen LogP contribution >= 0.6 is 0 Å². The smallest absolute Gasteiger partial charge is 0.228 e. The third kappa shape index (κ3) is 6.91. The van der Waals surface area contributed by atoms with Crippen LogP contribution in [-0.2, 0) is 17.6 Å². The first kappa shape index (κ1) is 28.5. The number of hydrogen-bond acceptors (Lipinski definition) is 7. The van der Waals surface area contributed by atoms with E-state index in [0.717, 1.165) is 80.2 Å². The number of nitriles is 1. The predicted octanol–water partition coefficient (Wildman–Crippen LogP) is 4.93. The van der Waals surface area contributed by atoms with Gasteiger partial charge >= 0.3 is 0 Å². The van der Waals surface area contributed by atoms with Crippen LogP contribution in [0.25, 0.3) is 11.3 Å².